The van der Waals surface area contributed by atoms with Gasteiger partial charge in [0.1, 0.15) is 5.75 Å². The Morgan fingerprint density at radius 2 is 1.75 bits per heavy atom. The number of halogens is 2. The van der Waals surface area contributed by atoms with Crippen LogP contribution >= 0.6 is 23.2 Å². The molecule has 0 unspecified atom stereocenters. The van der Waals surface area contributed by atoms with Gasteiger partial charge in [-0.2, -0.15) is 0 Å². The highest BCUT2D eigenvalue weighted by Gasteiger charge is 2.08. The fourth-order valence-corrected chi connectivity index (χ4v) is 2.18. The highest BCUT2D eigenvalue weighted by molar-refractivity contribution is 6.36. The molecule has 126 valence electrons. The van der Waals surface area contributed by atoms with Crippen molar-refractivity contribution < 1.29 is 19.1 Å². The van der Waals surface area contributed by atoms with E-state index in [1.54, 1.807) is 31.2 Å². The van der Waals surface area contributed by atoms with Gasteiger partial charge in [0.25, 0.3) is 0 Å². The number of carbonyl (C=O) groups is 2. The average Bonchev–Trinajstić information content (AvgIpc) is 2.52. The fraction of sp³-hybridized carbons (Fsp3) is 0.125. The van der Waals surface area contributed by atoms with Crippen LogP contribution in [0.2, 0.25) is 10.0 Å². The van der Waals surface area contributed by atoms with E-state index in [1.165, 1.54) is 18.2 Å². The van der Waals surface area contributed by atoms with E-state index in [4.69, 9.17) is 27.9 Å². The molecule has 0 aliphatic rings. The van der Waals surface area contributed by atoms with Gasteiger partial charge in [0.05, 0.1) is 17.3 Å². The summed E-state index contributed by atoms with van der Waals surface area (Å²) in [6.07, 6.45) is -0.784. The molecule has 2 N–H and O–H groups in total. The zero-order valence-electron chi connectivity index (χ0n) is 12.6. The summed E-state index contributed by atoms with van der Waals surface area (Å²) in [6.45, 7) is 1.91. The van der Waals surface area contributed by atoms with Gasteiger partial charge < -0.3 is 20.1 Å². The Bertz CT molecular complexity index is 735. The minimum absolute atomic E-state index is 0.228. The van der Waals surface area contributed by atoms with Crippen molar-refractivity contribution in [2.45, 2.75) is 6.92 Å². The molecule has 2 rings (SSSR count). The highest BCUT2D eigenvalue weighted by Crippen LogP contribution is 2.25. The second-order valence-corrected chi connectivity index (χ2v) is 5.36. The monoisotopic (exact) mass is 368 g/mol. The highest BCUT2D eigenvalue weighted by atomic mass is 35.5. The number of hydrogen-bond donors (Lipinski definition) is 2. The van der Waals surface area contributed by atoms with Crippen molar-refractivity contribution in [1.29, 1.82) is 0 Å². The Morgan fingerprint density at radius 1 is 1.04 bits per heavy atom. The molecule has 0 bridgehead atoms. The number of rotatable bonds is 4. The Morgan fingerprint density at radius 3 is 2.38 bits per heavy atom. The smallest absolute Gasteiger partial charge is 0.434 e. The summed E-state index contributed by atoms with van der Waals surface area (Å²) in [6, 6.07) is 10.5. The lowest BCUT2D eigenvalue weighted by Crippen LogP contribution is -2.19. The maximum atomic E-state index is 11.9. The topological polar surface area (TPSA) is 76.7 Å². The van der Waals surface area contributed by atoms with E-state index in [0.717, 1.165) is 0 Å². The van der Waals surface area contributed by atoms with Crippen molar-refractivity contribution >= 4 is 46.8 Å². The number of nitrogens with one attached hydrogen (secondary N) is 2. The number of hydrogen-bond acceptors (Lipinski definition) is 4. The van der Waals surface area contributed by atoms with Gasteiger partial charge in [-0.05, 0) is 49.4 Å². The molecule has 0 saturated heterocycles. The summed E-state index contributed by atoms with van der Waals surface area (Å²) in [5.74, 6) is 0.306. The lowest BCUT2D eigenvalue weighted by molar-refractivity contribution is 0.104. The van der Waals surface area contributed by atoms with Crippen molar-refractivity contribution in [1.82, 2.24) is 0 Å². The van der Waals surface area contributed by atoms with Crippen LogP contribution in [0.5, 0.6) is 5.75 Å². The number of amides is 2. The Labute approximate surface area is 148 Å². The molecular weight excluding hydrogens is 355 g/mol. The van der Waals surface area contributed by atoms with E-state index in [9.17, 15) is 9.59 Å². The van der Waals surface area contributed by atoms with Crippen molar-refractivity contribution in [2.24, 2.45) is 0 Å². The molecule has 2 amide bonds. The third-order valence-electron chi connectivity index (χ3n) is 2.75. The number of urea groups is 1. The lowest BCUT2D eigenvalue weighted by Gasteiger charge is -2.10. The molecule has 0 spiro atoms. The van der Waals surface area contributed by atoms with Crippen LogP contribution in [-0.2, 0) is 4.74 Å². The molecule has 8 heteroatoms. The van der Waals surface area contributed by atoms with E-state index in [0.29, 0.717) is 27.2 Å². The van der Waals surface area contributed by atoms with Crippen LogP contribution in [0.3, 0.4) is 0 Å². The van der Waals surface area contributed by atoms with Crippen molar-refractivity contribution in [2.75, 3.05) is 17.2 Å². The molecule has 0 aliphatic carbocycles. The van der Waals surface area contributed by atoms with Gasteiger partial charge in [0.15, 0.2) is 0 Å². The summed E-state index contributed by atoms with van der Waals surface area (Å²) in [5, 5.41) is 6.03. The number of ether oxygens (including phenoxy) is 2. The summed E-state index contributed by atoms with van der Waals surface area (Å²) in [7, 11) is 0. The van der Waals surface area contributed by atoms with Gasteiger partial charge in [0.2, 0.25) is 0 Å². The quantitative estimate of drug-likeness (QED) is 0.576. The fourth-order valence-electron chi connectivity index (χ4n) is 1.73. The first-order chi connectivity index (χ1) is 11.5. The maximum absolute atomic E-state index is 11.9. The van der Waals surface area contributed by atoms with Crippen LogP contribution in [-0.4, -0.2) is 18.8 Å². The first-order valence-corrected chi connectivity index (χ1v) is 7.71. The van der Waals surface area contributed by atoms with E-state index in [-0.39, 0.29) is 6.61 Å². The van der Waals surface area contributed by atoms with Crippen LogP contribution in [0.4, 0.5) is 21.0 Å². The molecule has 0 atom stereocenters. The second-order valence-electron chi connectivity index (χ2n) is 4.51. The van der Waals surface area contributed by atoms with Crippen molar-refractivity contribution in [3.8, 4) is 5.75 Å². The number of carbonyl (C=O) groups excluding carboxylic acids is 2. The van der Waals surface area contributed by atoms with Crippen molar-refractivity contribution in [3.05, 3.63) is 52.5 Å². The molecule has 0 aromatic heterocycles. The van der Waals surface area contributed by atoms with Crippen LogP contribution in [0.25, 0.3) is 0 Å². The Balaban J connectivity index is 1.93. The molecular formula is C16H14Cl2N2O4. The molecule has 6 nitrogen and oxygen atoms in total. The second kappa shape index (κ2) is 8.42. The number of benzene rings is 2. The first-order valence-electron chi connectivity index (χ1n) is 6.95. The minimum atomic E-state index is -0.784. The first kappa shape index (κ1) is 17.9. The molecule has 0 aliphatic heterocycles. The van der Waals surface area contributed by atoms with Gasteiger partial charge in [-0.3, -0.25) is 0 Å². The minimum Gasteiger partial charge on any atom is -0.434 e. The van der Waals surface area contributed by atoms with Crippen LogP contribution in [0, 0.1) is 0 Å². The van der Waals surface area contributed by atoms with Gasteiger partial charge in [-0.25, -0.2) is 9.59 Å². The zero-order valence-corrected chi connectivity index (χ0v) is 14.1. The zero-order chi connectivity index (χ0) is 17.5. The van der Waals surface area contributed by atoms with Gasteiger partial charge in [-0.1, -0.05) is 23.2 Å². The van der Waals surface area contributed by atoms with E-state index < -0.39 is 12.2 Å². The standard InChI is InChI=1S/C16H14Cl2N2O4/c1-2-23-16(22)24-12-6-4-11(5-7-12)19-15(21)20-14-8-3-10(17)9-13(14)18/h3-9H,2H2,1H3,(H2,19,20,21). The molecule has 0 radical (unpaired) electrons. The SMILES string of the molecule is CCOC(=O)Oc1ccc(NC(=O)Nc2ccc(Cl)cc2Cl)cc1. The molecule has 2 aromatic carbocycles. The van der Waals surface area contributed by atoms with E-state index in [2.05, 4.69) is 15.4 Å². The van der Waals surface area contributed by atoms with Crippen LogP contribution < -0.4 is 15.4 Å². The van der Waals surface area contributed by atoms with Gasteiger partial charge in [0, 0.05) is 10.7 Å². The summed E-state index contributed by atoms with van der Waals surface area (Å²) < 4.78 is 9.58. The largest absolute Gasteiger partial charge is 0.513 e. The molecule has 24 heavy (non-hydrogen) atoms. The average molecular weight is 369 g/mol. The third-order valence-corrected chi connectivity index (χ3v) is 3.30. The van der Waals surface area contributed by atoms with Gasteiger partial charge in [-0.15, -0.1) is 0 Å². The Kier molecular flexibility index (Phi) is 6.28. The lowest BCUT2D eigenvalue weighted by atomic mass is 10.3. The van der Waals surface area contributed by atoms with Crippen LogP contribution in [0.1, 0.15) is 6.92 Å². The molecule has 0 heterocycles. The maximum Gasteiger partial charge on any atom is 0.513 e. The predicted octanol–water partition coefficient (Wildman–Crippen LogP) is 5.17. The van der Waals surface area contributed by atoms with E-state index in [1.807, 2.05) is 0 Å². The molecule has 0 fully saturated rings. The van der Waals surface area contributed by atoms with E-state index >= 15 is 0 Å². The third kappa shape index (κ3) is 5.33. The van der Waals surface area contributed by atoms with Crippen LogP contribution in [0.15, 0.2) is 42.5 Å². The van der Waals surface area contributed by atoms with Crippen molar-refractivity contribution in [3.63, 3.8) is 0 Å². The molecule has 0 saturated carbocycles. The predicted molar refractivity (Wildman–Crippen MR) is 93.2 cm³/mol. The Hall–Kier alpha value is -2.44. The van der Waals surface area contributed by atoms with Gasteiger partial charge >= 0.3 is 12.2 Å². The molecule has 2 aromatic rings. The summed E-state index contributed by atoms with van der Waals surface area (Å²) in [4.78, 5) is 23.1. The summed E-state index contributed by atoms with van der Waals surface area (Å²) >= 11 is 11.8. The normalized spacial score (nSPS) is 9.96. The summed E-state index contributed by atoms with van der Waals surface area (Å²) in [5.41, 5.74) is 0.939. The number of anilines is 2.